The van der Waals surface area contributed by atoms with Crippen molar-refractivity contribution >= 4 is 40.1 Å². The normalized spacial score (nSPS) is 12.2. The minimum atomic E-state index is -0.264. The van der Waals surface area contributed by atoms with Gasteiger partial charge in [-0.3, -0.25) is 0 Å². The number of anilines is 1. The number of alkyl halides is 1. The Kier molecular flexibility index (Phi) is 4.78. The van der Waals surface area contributed by atoms with Crippen LogP contribution in [0.4, 0.5) is 5.82 Å². The summed E-state index contributed by atoms with van der Waals surface area (Å²) in [5.74, 6) is 0.704. The molecule has 4 rings (SSSR count). The van der Waals surface area contributed by atoms with Gasteiger partial charge in [-0.05, 0) is 23.8 Å². The van der Waals surface area contributed by atoms with Crippen molar-refractivity contribution in [2.75, 3.05) is 5.32 Å². The molecule has 0 aliphatic rings. The highest BCUT2D eigenvalue weighted by Gasteiger charge is 2.13. The van der Waals surface area contributed by atoms with Gasteiger partial charge in [0, 0.05) is 29.8 Å². The number of fused-ring (bicyclic) bond motifs is 1. The number of aromatic amines is 1. The Bertz CT molecular complexity index is 1030. The van der Waals surface area contributed by atoms with E-state index in [9.17, 15) is 0 Å². The highest BCUT2D eigenvalue weighted by atomic mass is 35.5. The molecule has 3 heterocycles. The van der Waals surface area contributed by atoms with E-state index >= 15 is 0 Å². The molecule has 0 radical (unpaired) electrons. The van der Waals surface area contributed by atoms with Gasteiger partial charge in [0.05, 0.1) is 10.7 Å². The van der Waals surface area contributed by atoms with E-state index in [1.807, 2.05) is 48.7 Å². The SMILES string of the molecule is Clc1cnc2[nH]ccc2c1-c1cccc(NC(Cl)Cc2ccccc2)n1. The Morgan fingerprint density at radius 2 is 1.88 bits per heavy atom. The van der Waals surface area contributed by atoms with Gasteiger partial charge in [0.15, 0.2) is 0 Å². The summed E-state index contributed by atoms with van der Waals surface area (Å²) in [6, 6.07) is 17.8. The summed E-state index contributed by atoms with van der Waals surface area (Å²) in [4.78, 5) is 12.1. The number of halogens is 2. The fourth-order valence-corrected chi connectivity index (χ4v) is 3.47. The predicted octanol–water partition coefficient (Wildman–Crippen LogP) is 5.50. The van der Waals surface area contributed by atoms with E-state index in [1.54, 1.807) is 6.20 Å². The van der Waals surface area contributed by atoms with Crippen LogP contribution in [0.3, 0.4) is 0 Å². The van der Waals surface area contributed by atoms with Crippen LogP contribution in [0, 0.1) is 0 Å². The Hall–Kier alpha value is -2.56. The molecular weight excluding hydrogens is 367 g/mol. The van der Waals surface area contributed by atoms with Gasteiger partial charge in [-0.15, -0.1) is 0 Å². The summed E-state index contributed by atoms with van der Waals surface area (Å²) in [7, 11) is 0. The highest BCUT2D eigenvalue weighted by Crippen LogP contribution is 2.33. The van der Waals surface area contributed by atoms with Crippen LogP contribution in [0.2, 0.25) is 5.02 Å². The summed E-state index contributed by atoms with van der Waals surface area (Å²) >= 11 is 12.9. The third-order valence-electron chi connectivity index (χ3n) is 4.11. The van der Waals surface area contributed by atoms with Crippen molar-refractivity contribution in [2.24, 2.45) is 0 Å². The van der Waals surface area contributed by atoms with Crippen LogP contribution in [0.5, 0.6) is 0 Å². The van der Waals surface area contributed by atoms with Crippen molar-refractivity contribution in [3.05, 3.63) is 77.6 Å². The molecule has 3 aromatic heterocycles. The number of rotatable bonds is 5. The van der Waals surface area contributed by atoms with Crippen molar-refractivity contribution in [3.63, 3.8) is 0 Å². The Balaban J connectivity index is 1.60. The topological polar surface area (TPSA) is 53.6 Å². The van der Waals surface area contributed by atoms with Gasteiger partial charge >= 0.3 is 0 Å². The number of nitrogens with one attached hydrogen (secondary N) is 2. The zero-order chi connectivity index (χ0) is 17.9. The lowest BCUT2D eigenvalue weighted by molar-refractivity contribution is 0.935. The van der Waals surface area contributed by atoms with Crippen molar-refractivity contribution < 1.29 is 0 Å². The van der Waals surface area contributed by atoms with Crippen molar-refractivity contribution in [3.8, 4) is 11.3 Å². The van der Waals surface area contributed by atoms with E-state index in [0.29, 0.717) is 17.3 Å². The number of benzene rings is 1. The Morgan fingerprint density at radius 1 is 1.04 bits per heavy atom. The average Bonchev–Trinajstić information content (AvgIpc) is 3.11. The summed E-state index contributed by atoms with van der Waals surface area (Å²) in [5.41, 5.74) is 3.32. The molecule has 130 valence electrons. The van der Waals surface area contributed by atoms with Crippen molar-refractivity contribution in [1.82, 2.24) is 15.0 Å². The molecule has 6 heteroatoms. The van der Waals surface area contributed by atoms with E-state index in [4.69, 9.17) is 28.2 Å². The van der Waals surface area contributed by atoms with Crippen molar-refractivity contribution in [1.29, 1.82) is 0 Å². The quantitative estimate of drug-likeness (QED) is 0.354. The van der Waals surface area contributed by atoms with Crippen LogP contribution >= 0.6 is 23.2 Å². The number of aromatic nitrogens is 3. The lowest BCUT2D eigenvalue weighted by Crippen LogP contribution is -2.16. The third kappa shape index (κ3) is 3.52. The van der Waals surface area contributed by atoms with Crippen molar-refractivity contribution in [2.45, 2.75) is 11.9 Å². The molecule has 1 unspecified atom stereocenters. The van der Waals surface area contributed by atoms with E-state index in [1.165, 1.54) is 5.56 Å². The van der Waals surface area contributed by atoms with Gasteiger partial charge in [-0.1, -0.05) is 59.6 Å². The van der Waals surface area contributed by atoms with Crippen LogP contribution in [-0.4, -0.2) is 20.5 Å². The first kappa shape index (κ1) is 16.9. The molecule has 0 fully saturated rings. The molecule has 26 heavy (non-hydrogen) atoms. The molecule has 0 bridgehead atoms. The summed E-state index contributed by atoms with van der Waals surface area (Å²) in [5, 5.41) is 4.75. The van der Waals surface area contributed by atoms with Crippen LogP contribution in [0.1, 0.15) is 5.56 Å². The molecule has 4 aromatic rings. The van der Waals surface area contributed by atoms with Crippen LogP contribution < -0.4 is 5.32 Å². The predicted molar refractivity (Wildman–Crippen MR) is 108 cm³/mol. The van der Waals surface area contributed by atoms with Gasteiger partial charge < -0.3 is 10.3 Å². The lowest BCUT2D eigenvalue weighted by atomic mass is 10.1. The molecule has 4 nitrogen and oxygen atoms in total. The molecule has 1 atom stereocenters. The van der Waals surface area contributed by atoms with Crippen LogP contribution in [-0.2, 0) is 6.42 Å². The molecular formula is C20H16Cl2N4. The maximum absolute atomic E-state index is 6.46. The number of hydrogen-bond donors (Lipinski definition) is 2. The number of hydrogen-bond acceptors (Lipinski definition) is 3. The van der Waals surface area contributed by atoms with Gasteiger partial charge in [-0.25, -0.2) is 9.97 Å². The molecule has 2 N–H and O–H groups in total. The van der Waals surface area contributed by atoms with Gasteiger partial charge in [0.1, 0.15) is 17.0 Å². The third-order valence-corrected chi connectivity index (χ3v) is 4.66. The first-order chi connectivity index (χ1) is 12.7. The van der Waals surface area contributed by atoms with E-state index in [-0.39, 0.29) is 5.50 Å². The van der Waals surface area contributed by atoms with Gasteiger partial charge in [0.2, 0.25) is 0 Å². The molecule has 0 aliphatic heterocycles. The van der Waals surface area contributed by atoms with E-state index in [0.717, 1.165) is 22.3 Å². The molecule has 0 spiro atoms. The fourth-order valence-electron chi connectivity index (χ4n) is 2.93. The summed E-state index contributed by atoms with van der Waals surface area (Å²) < 4.78 is 0. The number of pyridine rings is 2. The Morgan fingerprint density at radius 3 is 2.73 bits per heavy atom. The fraction of sp³-hybridized carbons (Fsp3) is 0.100. The lowest BCUT2D eigenvalue weighted by Gasteiger charge is -2.14. The molecule has 0 amide bonds. The van der Waals surface area contributed by atoms with Crippen LogP contribution in [0.15, 0.2) is 67.0 Å². The van der Waals surface area contributed by atoms with Gasteiger partial charge in [0.25, 0.3) is 0 Å². The minimum Gasteiger partial charge on any atom is -0.354 e. The number of nitrogens with zero attached hydrogens (tertiary/aromatic N) is 2. The summed E-state index contributed by atoms with van der Waals surface area (Å²) in [6.45, 7) is 0. The second-order valence-electron chi connectivity index (χ2n) is 5.93. The second kappa shape index (κ2) is 7.36. The summed E-state index contributed by atoms with van der Waals surface area (Å²) in [6.07, 6.45) is 4.18. The molecule has 0 saturated heterocycles. The first-order valence-electron chi connectivity index (χ1n) is 8.24. The van der Waals surface area contributed by atoms with E-state index < -0.39 is 0 Å². The highest BCUT2D eigenvalue weighted by molar-refractivity contribution is 6.34. The minimum absolute atomic E-state index is 0.264. The largest absolute Gasteiger partial charge is 0.354 e. The molecule has 0 aliphatic carbocycles. The maximum atomic E-state index is 6.46. The first-order valence-corrected chi connectivity index (χ1v) is 9.06. The zero-order valence-electron chi connectivity index (χ0n) is 13.8. The monoisotopic (exact) mass is 382 g/mol. The maximum Gasteiger partial charge on any atom is 0.138 e. The second-order valence-corrected chi connectivity index (χ2v) is 6.86. The Labute approximate surface area is 161 Å². The standard InChI is InChI=1S/C20H16Cl2N4/c21-15-12-24-20-14(9-10-23-20)19(15)16-7-4-8-18(25-16)26-17(22)11-13-5-2-1-3-6-13/h1-10,12,17H,11H2,(H,23,24)(H,25,26). The molecule has 0 saturated carbocycles. The number of H-pyrrole nitrogens is 1. The smallest absolute Gasteiger partial charge is 0.138 e. The average molecular weight is 383 g/mol. The van der Waals surface area contributed by atoms with Crippen LogP contribution in [0.25, 0.3) is 22.3 Å². The van der Waals surface area contributed by atoms with E-state index in [2.05, 4.69) is 27.4 Å². The molecule has 1 aromatic carbocycles. The zero-order valence-corrected chi connectivity index (χ0v) is 15.3. The van der Waals surface area contributed by atoms with Gasteiger partial charge in [-0.2, -0.15) is 0 Å².